The summed E-state index contributed by atoms with van der Waals surface area (Å²) in [6.45, 7) is 1.73. The molecule has 0 aliphatic carbocycles. The van der Waals surface area contributed by atoms with Crippen LogP contribution in [0.3, 0.4) is 0 Å². The fourth-order valence-electron chi connectivity index (χ4n) is 2.28. The van der Waals surface area contributed by atoms with Gasteiger partial charge in [0, 0.05) is 5.39 Å². The van der Waals surface area contributed by atoms with Crippen LogP contribution in [-0.2, 0) is 0 Å². The predicted molar refractivity (Wildman–Crippen MR) is 76.5 cm³/mol. The Kier molecular flexibility index (Phi) is 3.26. The van der Waals surface area contributed by atoms with Gasteiger partial charge in [0.1, 0.15) is 23.2 Å². The molecule has 1 heterocycles. The maximum Gasteiger partial charge on any atom is 0.134 e. The molecule has 1 aromatic heterocycles. The van der Waals surface area contributed by atoms with Crippen molar-refractivity contribution >= 4 is 11.0 Å². The first-order chi connectivity index (χ1) is 9.69. The molecule has 0 radical (unpaired) electrons. The van der Waals surface area contributed by atoms with Crippen molar-refractivity contribution in [2.45, 2.75) is 13.0 Å². The molecule has 0 aliphatic heterocycles. The van der Waals surface area contributed by atoms with Gasteiger partial charge in [0.2, 0.25) is 0 Å². The fourth-order valence-corrected chi connectivity index (χ4v) is 2.28. The molecule has 20 heavy (non-hydrogen) atoms. The smallest absolute Gasteiger partial charge is 0.134 e. The SMILES string of the molecule is Cc1ccc(C(NN)c2cc3ccccc3o2)cc1F. The molecule has 0 bridgehead atoms. The van der Waals surface area contributed by atoms with E-state index in [0.717, 1.165) is 16.5 Å². The van der Waals surface area contributed by atoms with Crippen molar-refractivity contribution < 1.29 is 8.81 Å². The lowest BCUT2D eigenvalue weighted by Crippen LogP contribution is -2.28. The lowest BCUT2D eigenvalue weighted by atomic mass is 10.0. The number of para-hydroxylation sites is 1. The zero-order valence-electron chi connectivity index (χ0n) is 11.1. The van der Waals surface area contributed by atoms with E-state index in [1.165, 1.54) is 6.07 Å². The molecule has 3 nitrogen and oxygen atoms in total. The Bertz CT molecular complexity index is 718. The van der Waals surface area contributed by atoms with Crippen LogP contribution in [0.5, 0.6) is 0 Å². The Hall–Kier alpha value is -2.17. The van der Waals surface area contributed by atoms with Gasteiger partial charge in [0.25, 0.3) is 0 Å². The van der Waals surface area contributed by atoms with Gasteiger partial charge in [0.05, 0.1) is 0 Å². The van der Waals surface area contributed by atoms with Crippen molar-refractivity contribution in [2.75, 3.05) is 0 Å². The molecule has 1 unspecified atom stereocenters. The Morgan fingerprint density at radius 2 is 1.95 bits per heavy atom. The zero-order chi connectivity index (χ0) is 14.1. The molecule has 1 atom stereocenters. The highest BCUT2D eigenvalue weighted by Crippen LogP contribution is 2.28. The normalized spacial score (nSPS) is 12.8. The minimum absolute atomic E-state index is 0.251. The summed E-state index contributed by atoms with van der Waals surface area (Å²) in [6.07, 6.45) is 0. The van der Waals surface area contributed by atoms with Gasteiger partial charge in [-0.3, -0.25) is 5.84 Å². The number of fused-ring (bicyclic) bond motifs is 1. The van der Waals surface area contributed by atoms with Crippen molar-refractivity contribution in [3.63, 3.8) is 0 Å². The summed E-state index contributed by atoms with van der Waals surface area (Å²) in [5.41, 5.74) is 4.81. The van der Waals surface area contributed by atoms with Gasteiger partial charge < -0.3 is 4.42 Å². The molecular formula is C16H15FN2O. The van der Waals surface area contributed by atoms with Crippen molar-refractivity contribution in [3.05, 3.63) is 71.2 Å². The first kappa shape index (κ1) is 12.8. The molecular weight excluding hydrogens is 255 g/mol. The number of hydrogen-bond donors (Lipinski definition) is 2. The second kappa shape index (κ2) is 5.07. The number of benzene rings is 2. The van der Waals surface area contributed by atoms with Gasteiger partial charge in [-0.15, -0.1) is 0 Å². The fraction of sp³-hybridized carbons (Fsp3) is 0.125. The molecule has 2 aromatic carbocycles. The van der Waals surface area contributed by atoms with E-state index in [2.05, 4.69) is 5.43 Å². The Morgan fingerprint density at radius 3 is 2.65 bits per heavy atom. The molecule has 3 aromatic rings. The van der Waals surface area contributed by atoms with Crippen LogP contribution in [0.1, 0.15) is 22.9 Å². The topological polar surface area (TPSA) is 51.2 Å². The van der Waals surface area contributed by atoms with Crippen molar-refractivity contribution in [1.29, 1.82) is 0 Å². The van der Waals surface area contributed by atoms with Gasteiger partial charge in [0.15, 0.2) is 0 Å². The van der Waals surface area contributed by atoms with Crippen LogP contribution >= 0.6 is 0 Å². The quantitative estimate of drug-likeness (QED) is 0.566. The molecule has 0 saturated heterocycles. The van der Waals surface area contributed by atoms with E-state index >= 15 is 0 Å². The summed E-state index contributed by atoms with van der Waals surface area (Å²) < 4.78 is 19.5. The van der Waals surface area contributed by atoms with Crippen molar-refractivity contribution in [2.24, 2.45) is 5.84 Å². The number of furan rings is 1. The molecule has 0 fully saturated rings. The molecule has 3 rings (SSSR count). The summed E-state index contributed by atoms with van der Waals surface area (Å²) >= 11 is 0. The number of aryl methyl sites for hydroxylation is 1. The highest BCUT2D eigenvalue weighted by molar-refractivity contribution is 5.77. The third kappa shape index (κ3) is 2.19. The van der Waals surface area contributed by atoms with Crippen LogP contribution in [0, 0.1) is 12.7 Å². The minimum Gasteiger partial charge on any atom is -0.459 e. The Balaban J connectivity index is 2.06. The number of nitrogens with one attached hydrogen (secondary N) is 1. The van der Waals surface area contributed by atoms with Crippen LogP contribution in [0.2, 0.25) is 0 Å². The first-order valence-corrected chi connectivity index (χ1v) is 6.39. The van der Waals surface area contributed by atoms with E-state index < -0.39 is 0 Å². The standard InChI is InChI=1S/C16H15FN2O/c1-10-6-7-12(8-13(10)17)16(19-18)15-9-11-4-2-3-5-14(11)20-15/h2-9,16,19H,18H2,1H3. The Morgan fingerprint density at radius 1 is 1.15 bits per heavy atom. The van der Waals surface area contributed by atoms with Crippen LogP contribution in [0.25, 0.3) is 11.0 Å². The molecule has 0 aliphatic rings. The second-order valence-corrected chi connectivity index (χ2v) is 4.79. The van der Waals surface area contributed by atoms with Gasteiger partial charge in [-0.2, -0.15) is 0 Å². The summed E-state index contributed by atoms with van der Waals surface area (Å²) in [5, 5.41) is 0.996. The lowest BCUT2D eigenvalue weighted by Gasteiger charge is -2.14. The monoisotopic (exact) mass is 270 g/mol. The molecule has 4 heteroatoms. The maximum absolute atomic E-state index is 13.7. The van der Waals surface area contributed by atoms with Gasteiger partial charge in [-0.1, -0.05) is 30.3 Å². The van der Waals surface area contributed by atoms with Gasteiger partial charge in [-0.05, 0) is 36.2 Å². The number of nitrogens with two attached hydrogens (primary N) is 1. The summed E-state index contributed by atoms with van der Waals surface area (Å²) in [7, 11) is 0. The van der Waals surface area contributed by atoms with Crippen molar-refractivity contribution in [3.8, 4) is 0 Å². The zero-order valence-corrected chi connectivity index (χ0v) is 11.1. The number of hydrazine groups is 1. The second-order valence-electron chi connectivity index (χ2n) is 4.79. The highest BCUT2D eigenvalue weighted by Gasteiger charge is 2.18. The van der Waals surface area contributed by atoms with E-state index in [9.17, 15) is 4.39 Å². The molecule has 0 amide bonds. The van der Waals surface area contributed by atoms with Crippen LogP contribution in [-0.4, -0.2) is 0 Å². The van der Waals surface area contributed by atoms with Gasteiger partial charge >= 0.3 is 0 Å². The molecule has 3 N–H and O–H groups in total. The van der Waals surface area contributed by atoms with E-state index in [1.54, 1.807) is 13.0 Å². The number of hydrogen-bond acceptors (Lipinski definition) is 3. The van der Waals surface area contributed by atoms with Crippen LogP contribution in [0.4, 0.5) is 4.39 Å². The average molecular weight is 270 g/mol. The minimum atomic E-state index is -0.377. The maximum atomic E-state index is 13.7. The van der Waals surface area contributed by atoms with E-state index in [1.807, 2.05) is 36.4 Å². The summed E-state index contributed by atoms with van der Waals surface area (Å²) in [5.74, 6) is 6.03. The average Bonchev–Trinajstić information content (AvgIpc) is 2.87. The molecule has 102 valence electrons. The van der Waals surface area contributed by atoms with Crippen LogP contribution < -0.4 is 11.3 Å². The summed E-state index contributed by atoms with van der Waals surface area (Å²) in [6, 6.07) is 14.3. The van der Waals surface area contributed by atoms with E-state index in [0.29, 0.717) is 11.3 Å². The molecule has 0 saturated carbocycles. The highest BCUT2D eigenvalue weighted by atomic mass is 19.1. The van der Waals surface area contributed by atoms with E-state index in [4.69, 9.17) is 10.3 Å². The van der Waals surface area contributed by atoms with Crippen LogP contribution in [0.15, 0.2) is 52.9 Å². The third-order valence-corrected chi connectivity index (χ3v) is 3.42. The Labute approximate surface area is 116 Å². The number of rotatable bonds is 3. The number of halogens is 1. The molecule has 0 spiro atoms. The summed E-state index contributed by atoms with van der Waals surface area (Å²) in [4.78, 5) is 0. The first-order valence-electron chi connectivity index (χ1n) is 6.39. The predicted octanol–water partition coefficient (Wildman–Crippen LogP) is 3.43. The van der Waals surface area contributed by atoms with Crippen molar-refractivity contribution in [1.82, 2.24) is 5.43 Å². The van der Waals surface area contributed by atoms with E-state index in [-0.39, 0.29) is 11.9 Å². The lowest BCUT2D eigenvalue weighted by molar-refractivity contribution is 0.475. The van der Waals surface area contributed by atoms with Gasteiger partial charge in [-0.25, -0.2) is 9.82 Å². The largest absolute Gasteiger partial charge is 0.459 e. The third-order valence-electron chi connectivity index (χ3n) is 3.42.